The highest BCUT2D eigenvalue weighted by Crippen LogP contribution is 2.21. The maximum Gasteiger partial charge on any atom is 0.0107 e. The van der Waals surface area contributed by atoms with Crippen LogP contribution in [0, 0.1) is 11.8 Å². The maximum atomic E-state index is 3.58. The van der Waals surface area contributed by atoms with E-state index in [1.54, 1.807) is 0 Å². The van der Waals surface area contributed by atoms with E-state index in [0.29, 0.717) is 0 Å². The fraction of sp³-hybridized carbons (Fsp3) is 1.00. The van der Waals surface area contributed by atoms with E-state index >= 15 is 0 Å². The lowest BCUT2D eigenvalue weighted by Gasteiger charge is -2.35. The molecule has 1 aliphatic heterocycles. The highest BCUT2D eigenvalue weighted by atomic mass is 15.1. The van der Waals surface area contributed by atoms with Crippen LogP contribution in [0.1, 0.15) is 52.9 Å². The molecule has 2 unspecified atom stereocenters. The van der Waals surface area contributed by atoms with Gasteiger partial charge in [-0.2, -0.15) is 0 Å². The van der Waals surface area contributed by atoms with E-state index in [9.17, 15) is 0 Å². The maximum absolute atomic E-state index is 3.58. The number of hydrogen-bond donors (Lipinski definition) is 1. The van der Waals surface area contributed by atoms with Gasteiger partial charge in [-0.15, -0.1) is 0 Å². The molecule has 0 bridgehead atoms. The van der Waals surface area contributed by atoms with E-state index in [0.717, 1.165) is 11.8 Å². The standard InChI is InChI=1S/C15H32N2/c1-4-5-6-7-9-16-10-12-17-11-8-14(2)15(3)13-17/h14-16H,4-13H2,1-3H3. The smallest absolute Gasteiger partial charge is 0.0107 e. The van der Waals surface area contributed by atoms with Gasteiger partial charge in [0.2, 0.25) is 0 Å². The number of likely N-dealkylation sites (tertiary alicyclic amines) is 1. The normalized spacial score (nSPS) is 26.3. The van der Waals surface area contributed by atoms with Gasteiger partial charge in [-0.3, -0.25) is 0 Å². The Morgan fingerprint density at radius 2 is 1.88 bits per heavy atom. The van der Waals surface area contributed by atoms with Crippen LogP contribution in [0.25, 0.3) is 0 Å². The van der Waals surface area contributed by atoms with Gasteiger partial charge in [-0.25, -0.2) is 0 Å². The third-order valence-corrected chi connectivity index (χ3v) is 4.23. The minimum Gasteiger partial charge on any atom is -0.315 e. The van der Waals surface area contributed by atoms with Crippen LogP contribution in [0.5, 0.6) is 0 Å². The molecule has 17 heavy (non-hydrogen) atoms. The van der Waals surface area contributed by atoms with Crippen LogP contribution in [0.15, 0.2) is 0 Å². The Balaban J connectivity index is 1.92. The Bertz CT molecular complexity index is 182. The molecule has 0 spiro atoms. The van der Waals surface area contributed by atoms with Crippen LogP contribution in [-0.4, -0.2) is 37.6 Å². The zero-order valence-corrected chi connectivity index (χ0v) is 12.2. The topological polar surface area (TPSA) is 15.3 Å². The predicted molar refractivity (Wildman–Crippen MR) is 76.4 cm³/mol. The summed E-state index contributed by atoms with van der Waals surface area (Å²) in [6, 6.07) is 0. The molecule has 1 N–H and O–H groups in total. The highest BCUT2D eigenvalue weighted by molar-refractivity contribution is 4.75. The van der Waals surface area contributed by atoms with Crippen molar-refractivity contribution in [2.24, 2.45) is 11.8 Å². The van der Waals surface area contributed by atoms with Gasteiger partial charge in [0.25, 0.3) is 0 Å². The fourth-order valence-corrected chi connectivity index (χ4v) is 2.59. The molecular formula is C15H32N2. The Morgan fingerprint density at radius 1 is 1.06 bits per heavy atom. The van der Waals surface area contributed by atoms with Crippen LogP contribution in [0.4, 0.5) is 0 Å². The van der Waals surface area contributed by atoms with Gasteiger partial charge >= 0.3 is 0 Å². The number of nitrogens with one attached hydrogen (secondary N) is 1. The van der Waals surface area contributed by atoms with Gasteiger partial charge in [-0.1, -0.05) is 40.0 Å². The van der Waals surface area contributed by atoms with Crippen molar-refractivity contribution in [1.29, 1.82) is 0 Å². The van der Waals surface area contributed by atoms with E-state index in [1.165, 1.54) is 64.8 Å². The van der Waals surface area contributed by atoms with E-state index in [2.05, 4.69) is 31.0 Å². The molecule has 2 atom stereocenters. The minimum absolute atomic E-state index is 0.883. The van der Waals surface area contributed by atoms with Crippen molar-refractivity contribution in [3.8, 4) is 0 Å². The van der Waals surface area contributed by atoms with Gasteiger partial charge in [0.05, 0.1) is 0 Å². The third-order valence-electron chi connectivity index (χ3n) is 4.23. The number of nitrogens with zero attached hydrogens (tertiary/aromatic N) is 1. The summed E-state index contributed by atoms with van der Waals surface area (Å²) in [6.07, 6.45) is 6.85. The van der Waals surface area contributed by atoms with Crippen molar-refractivity contribution in [2.75, 3.05) is 32.7 Å². The van der Waals surface area contributed by atoms with Crippen LogP contribution in [0.2, 0.25) is 0 Å². The summed E-state index contributed by atoms with van der Waals surface area (Å²) in [4.78, 5) is 2.63. The summed E-state index contributed by atoms with van der Waals surface area (Å²) >= 11 is 0. The molecule has 0 saturated carbocycles. The molecule has 1 saturated heterocycles. The van der Waals surface area contributed by atoms with E-state index < -0.39 is 0 Å². The summed E-state index contributed by atoms with van der Waals surface area (Å²) in [5, 5.41) is 3.58. The van der Waals surface area contributed by atoms with Crippen LogP contribution in [-0.2, 0) is 0 Å². The lowest BCUT2D eigenvalue weighted by atomic mass is 9.89. The zero-order chi connectivity index (χ0) is 12.5. The van der Waals surface area contributed by atoms with Crippen molar-refractivity contribution in [1.82, 2.24) is 10.2 Å². The van der Waals surface area contributed by atoms with Crippen molar-refractivity contribution in [3.05, 3.63) is 0 Å². The predicted octanol–water partition coefficient (Wildman–Crippen LogP) is 3.13. The first-order valence-corrected chi connectivity index (χ1v) is 7.67. The van der Waals surface area contributed by atoms with Gasteiger partial charge in [0.1, 0.15) is 0 Å². The molecule has 0 radical (unpaired) electrons. The third kappa shape index (κ3) is 6.42. The van der Waals surface area contributed by atoms with Crippen molar-refractivity contribution in [3.63, 3.8) is 0 Å². The number of rotatable bonds is 8. The quantitative estimate of drug-likeness (QED) is 0.656. The summed E-state index contributed by atoms with van der Waals surface area (Å²) in [6.45, 7) is 13.3. The Labute approximate surface area is 108 Å². The monoisotopic (exact) mass is 240 g/mol. The molecule has 1 rings (SSSR count). The molecule has 102 valence electrons. The molecule has 1 aliphatic rings. The van der Waals surface area contributed by atoms with E-state index in [4.69, 9.17) is 0 Å². The van der Waals surface area contributed by atoms with Gasteiger partial charge < -0.3 is 10.2 Å². The summed E-state index contributed by atoms with van der Waals surface area (Å²) < 4.78 is 0. The van der Waals surface area contributed by atoms with Crippen LogP contribution < -0.4 is 5.32 Å². The molecule has 1 heterocycles. The number of piperidine rings is 1. The second-order valence-corrected chi connectivity index (χ2v) is 5.85. The average Bonchev–Trinajstić information content (AvgIpc) is 2.32. The van der Waals surface area contributed by atoms with Gasteiger partial charge in [-0.05, 0) is 37.8 Å². The second kappa shape index (κ2) is 8.93. The largest absolute Gasteiger partial charge is 0.315 e. The molecule has 2 nitrogen and oxygen atoms in total. The van der Waals surface area contributed by atoms with Crippen LogP contribution in [0.3, 0.4) is 0 Å². The first-order chi connectivity index (χ1) is 8.24. The lowest BCUT2D eigenvalue weighted by molar-refractivity contribution is 0.139. The average molecular weight is 240 g/mol. The zero-order valence-electron chi connectivity index (χ0n) is 12.2. The lowest BCUT2D eigenvalue weighted by Crippen LogP contribution is -2.41. The first-order valence-electron chi connectivity index (χ1n) is 7.67. The van der Waals surface area contributed by atoms with Crippen molar-refractivity contribution in [2.45, 2.75) is 52.9 Å². The molecule has 2 heteroatoms. The van der Waals surface area contributed by atoms with Gasteiger partial charge in [0.15, 0.2) is 0 Å². The van der Waals surface area contributed by atoms with Crippen LogP contribution >= 0.6 is 0 Å². The summed E-state index contributed by atoms with van der Waals surface area (Å²) in [5.74, 6) is 1.81. The van der Waals surface area contributed by atoms with Crippen molar-refractivity contribution >= 4 is 0 Å². The van der Waals surface area contributed by atoms with E-state index in [1.807, 2.05) is 0 Å². The summed E-state index contributed by atoms with van der Waals surface area (Å²) in [7, 11) is 0. The first kappa shape index (κ1) is 15.0. The molecule has 0 aromatic rings. The Kier molecular flexibility index (Phi) is 7.87. The molecule has 0 amide bonds. The molecule has 0 aromatic carbocycles. The molecule has 0 aliphatic carbocycles. The minimum atomic E-state index is 0.883. The number of hydrogen-bond acceptors (Lipinski definition) is 2. The molecule has 0 aromatic heterocycles. The number of unbranched alkanes of at least 4 members (excludes halogenated alkanes) is 3. The fourth-order valence-electron chi connectivity index (χ4n) is 2.59. The summed E-state index contributed by atoms with van der Waals surface area (Å²) in [5.41, 5.74) is 0. The Morgan fingerprint density at radius 3 is 2.59 bits per heavy atom. The van der Waals surface area contributed by atoms with Crippen molar-refractivity contribution < 1.29 is 0 Å². The van der Waals surface area contributed by atoms with Gasteiger partial charge in [0, 0.05) is 19.6 Å². The second-order valence-electron chi connectivity index (χ2n) is 5.85. The molecule has 1 fully saturated rings. The highest BCUT2D eigenvalue weighted by Gasteiger charge is 2.21. The Hall–Kier alpha value is -0.0800. The SMILES string of the molecule is CCCCCCNCCN1CCC(C)C(C)C1. The molecular weight excluding hydrogens is 208 g/mol. The van der Waals surface area contributed by atoms with E-state index in [-0.39, 0.29) is 0 Å².